The Bertz CT molecular complexity index is 650. The Morgan fingerprint density at radius 1 is 1.33 bits per heavy atom. The van der Waals surface area contributed by atoms with Crippen molar-refractivity contribution >= 4 is 15.8 Å². The number of aromatic nitrogens is 2. The molecule has 1 fully saturated rings. The van der Waals surface area contributed by atoms with Crippen LogP contribution in [0, 0.1) is 0 Å². The van der Waals surface area contributed by atoms with Crippen molar-refractivity contribution in [3.8, 4) is 0 Å². The Hall–Kier alpha value is -1.37. The third-order valence-corrected chi connectivity index (χ3v) is 6.86. The predicted octanol–water partition coefficient (Wildman–Crippen LogP) is 1.35. The van der Waals surface area contributed by atoms with Gasteiger partial charge < -0.3 is 9.67 Å². The minimum Gasteiger partial charge on any atom is -0.480 e. The van der Waals surface area contributed by atoms with E-state index in [9.17, 15) is 18.3 Å². The molecule has 2 aliphatic rings. The maximum atomic E-state index is 12.1. The molecule has 7 heteroatoms. The minimum atomic E-state index is -3.06. The van der Waals surface area contributed by atoms with Crippen LogP contribution in [0.15, 0.2) is 6.20 Å². The van der Waals surface area contributed by atoms with E-state index in [1.54, 1.807) is 10.8 Å². The number of carbonyl (C=O) groups is 1. The molecule has 0 aromatic carbocycles. The number of hydrogen-bond acceptors (Lipinski definition) is 4. The van der Waals surface area contributed by atoms with Crippen LogP contribution in [0.5, 0.6) is 0 Å². The van der Waals surface area contributed by atoms with E-state index >= 15 is 0 Å². The van der Waals surface area contributed by atoms with Gasteiger partial charge in [0.05, 0.1) is 11.0 Å². The Labute approximate surface area is 124 Å². The summed E-state index contributed by atoms with van der Waals surface area (Å²) in [6.07, 6.45) is 6.59. The highest BCUT2D eigenvalue weighted by Gasteiger charge is 2.33. The molecule has 21 heavy (non-hydrogen) atoms. The van der Waals surface area contributed by atoms with Crippen molar-refractivity contribution in [3.63, 3.8) is 0 Å². The second kappa shape index (κ2) is 5.44. The molecule has 0 bridgehead atoms. The molecule has 0 spiro atoms. The van der Waals surface area contributed by atoms with Gasteiger partial charge in [-0.3, -0.25) is 0 Å². The molecule has 0 aliphatic carbocycles. The molecule has 1 aromatic rings. The maximum Gasteiger partial charge on any atom is 0.326 e. The van der Waals surface area contributed by atoms with Gasteiger partial charge in [-0.1, -0.05) is 6.42 Å². The molecule has 3 rings (SSSR count). The van der Waals surface area contributed by atoms with E-state index in [0.717, 1.165) is 31.4 Å². The van der Waals surface area contributed by atoms with E-state index in [1.807, 2.05) is 0 Å². The van der Waals surface area contributed by atoms with Crippen LogP contribution in [0.25, 0.3) is 0 Å². The summed E-state index contributed by atoms with van der Waals surface area (Å²) in [6, 6.07) is -0.599. The van der Waals surface area contributed by atoms with Gasteiger partial charge >= 0.3 is 5.97 Å². The standard InChI is InChI=1S/C14H20N2O4S/c17-14(18)12-6-3-4-10-9-15-13(16(10)12)8-11-5-1-2-7-21(11,19)20/h9,11-12H,1-8H2,(H,17,18). The van der Waals surface area contributed by atoms with E-state index in [0.29, 0.717) is 25.1 Å². The third kappa shape index (κ3) is 2.71. The number of aryl methyl sites for hydroxylation is 1. The Morgan fingerprint density at radius 3 is 2.86 bits per heavy atom. The zero-order chi connectivity index (χ0) is 15.0. The van der Waals surface area contributed by atoms with Gasteiger partial charge in [0.25, 0.3) is 0 Å². The molecule has 0 radical (unpaired) electrons. The zero-order valence-electron chi connectivity index (χ0n) is 11.9. The van der Waals surface area contributed by atoms with Crippen molar-refractivity contribution in [3.05, 3.63) is 17.7 Å². The van der Waals surface area contributed by atoms with Crippen LogP contribution in [0.1, 0.15) is 49.7 Å². The van der Waals surface area contributed by atoms with E-state index in [4.69, 9.17) is 0 Å². The van der Waals surface area contributed by atoms with Crippen LogP contribution in [0.2, 0.25) is 0 Å². The molecular weight excluding hydrogens is 292 g/mol. The Balaban J connectivity index is 1.90. The van der Waals surface area contributed by atoms with Crippen LogP contribution < -0.4 is 0 Å². The molecule has 2 aliphatic heterocycles. The normalized spacial score (nSPS) is 28.0. The number of imidazole rings is 1. The molecule has 2 unspecified atom stereocenters. The molecule has 6 nitrogen and oxygen atoms in total. The topological polar surface area (TPSA) is 89.3 Å². The number of nitrogens with zero attached hydrogens (tertiary/aromatic N) is 2. The molecule has 0 saturated carbocycles. The monoisotopic (exact) mass is 312 g/mol. The summed E-state index contributed by atoms with van der Waals surface area (Å²) in [4.78, 5) is 15.7. The summed E-state index contributed by atoms with van der Waals surface area (Å²) in [5.41, 5.74) is 0.914. The Morgan fingerprint density at radius 2 is 2.14 bits per heavy atom. The lowest BCUT2D eigenvalue weighted by Crippen LogP contribution is -2.33. The lowest BCUT2D eigenvalue weighted by molar-refractivity contribution is -0.141. The van der Waals surface area contributed by atoms with E-state index in [2.05, 4.69) is 4.98 Å². The second-order valence-electron chi connectivity index (χ2n) is 5.97. The van der Waals surface area contributed by atoms with Crippen molar-refractivity contribution < 1.29 is 18.3 Å². The van der Waals surface area contributed by atoms with Gasteiger partial charge in [0.1, 0.15) is 11.9 Å². The fourth-order valence-corrected chi connectivity index (χ4v) is 5.32. The molecule has 1 N–H and O–H groups in total. The smallest absolute Gasteiger partial charge is 0.326 e. The number of fused-ring (bicyclic) bond motifs is 1. The lowest BCUT2D eigenvalue weighted by Gasteiger charge is -2.26. The van der Waals surface area contributed by atoms with Gasteiger partial charge in [0, 0.05) is 18.3 Å². The quantitative estimate of drug-likeness (QED) is 0.910. The number of aliphatic carboxylic acids is 1. The first kappa shape index (κ1) is 14.6. The average Bonchev–Trinajstić information content (AvgIpc) is 2.84. The Kier molecular flexibility index (Phi) is 3.77. The summed E-state index contributed by atoms with van der Waals surface area (Å²) in [5.74, 6) is 0.00223. The highest BCUT2D eigenvalue weighted by Crippen LogP contribution is 2.29. The zero-order valence-corrected chi connectivity index (χ0v) is 12.7. The van der Waals surface area contributed by atoms with Crippen LogP contribution >= 0.6 is 0 Å². The van der Waals surface area contributed by atoms with Gasteiger partial charge in [-0.15, -0.1) is 0 Å². The highest BCUT2D eigenvalue weighted by molar-refractivity contribution is 7.92. The highest BCUT2D eigenvalue weighted by atomic mass is 32.2. The number of carboxylic acid groups (broad SMARTS) is 1. The SMILES string of the molecule is O=C(O)C1CCCc2cnc(CC3CCCCS3(=O)=O)n21. The second-order valence-corrected chi connectivity index (χ2v) is 8.37. The number of carboxylic acids is 1. The summed E-state index contributed by atoms with van der Waals surface area (Å²) >= 11 is 0. The summed E-state index contributed by atoms with van der Waals surface area (Å²) in [7, 11) is -3.06. The van der Waals surface area contributed by atoms with Gasteiger partial charge in [0.2, 0.25) is 0 Å². The van der Waals surface area contributed by atoms with Gasteiger partial charge in [-0.25, -0.2) is 18.2 Å². The van der Waals surface area contributed by atoms with Crippen LogP contribution in [0.3, 0.4) is 0 Å². The molecule has 1 aromatic heterocycles. The molecule has 3 heterocycles. The van der Waals surface area contributed by atoms with Crippen molar-refractivity contribution in [1.29, 1.82) is 0 Å². The maximum absolute atomic E-state index is 12.1. The van der Waals surface area contributed by atoms with Gasteiger partial charge in [-0.05, 0) is 32.1 Å². The van der Waals surface area contributed by atoms with E-state index in [1.165, 1.54) is 0 Å². The van der Waals surface area contributed by atoms with E-state index in [-0.39, 0.29) is 5.75 Å². The first-order chi connectivity index (χ1) is 9.99. The van der Waals surface area contributed by atoms with Crippen LogP contribution in [-0.4, -0.2) is 40.0 Å². The first-order valence-corrected chi connectivity index (χ1v) is 9.20. The van der Waals surface area contributed by atoms with Crippen molar-refractivity contribution in [2.24, 2.45) is 0 Å². The summed E-state index contributed by atoms with van der Waals surface area (Å²) in [6.45, 7) is 0. The fraction of sp³-hybridized carbons (Fsp3) is 0.714. The average molecular weight is 312 g/mol. The van der Waals surface area contributed by atoms with Crippen LogP contribution in [-0.2, 0) is 27.5 Å². The largest absolute Gasteiger partial charge is 0.480 e. The summed E-state index contributed by atoms with van der Waals surface area (Å²) < 4.78 is 26.0. The van der Waals surface area contributed by atoms with Gasteiger partial charge in [-0.2, -0.15) is 0 Å². The fourth-order valence-electron chi connectivity index (χ4n) is 3.45. The number of sulfone groups is 1. The first-order valence-electron chi connectivity index (χ1n) is 7.48. The molecule has 0 amide bonds. The number of rotatable bonds is 3. The van der Waals surface area contributed by atoms with Crippen LogP contribution in [0.4, 0.5) is 0 Å². The lowest BCUT2D eigenvalue weighted by atomic mass is 10.0. The minimum absolute atomic E-state index is 0.244. The molecule has 116 valence electrons. The van der Waals surface area contributed by atoms with Crippen molar-refractivity contribution in [1.82, 2.24) is 9.55 Å². The van der Waals surface area contributed by atoms with Crippen molar-refractivity contribution in [2.45, 2.75) is 56.2 Å². The molecule has 1 saturated heterocycles. The van der Waals surface area contributed by atoms with E-state index < -0.39 is 27.1 Å². The predicted molar refractivity (Wildman–Crippen MR) is 77.0 cm³/mol. The third-order valence-electron chi connectivity index (χ3n) is 4.58. The molecule has 2 atom stereocenters. The van der Waals surface area contributed by atoms with Crippen molar-refractivity contribution in [2.75, 3.05) is 5.75 Å². The van der Waals surface area contributed by atoms with Gasteiger partial charge in [0.15, 0.2) is 9.84 Å². The number of hydrogen-bond donors (Lipinski definition) is 1. The molecular formula is C14H20N2O4S. The summed E-state index contributed by atoms with van der Waals surface area (Å²) in [5, 5.41) is 8.96.